The molecule has 1 heterocycles. The average Bonchev–Trinajstić information content (AvgIpc) is 3.30. The number of rotatable bonds is 5. The van der Waals surface area contributed by atoms with Crippen LogP contribution < -0.4 is 10.2 Å². The van der Waals surface area contributed by atoms with Gasteiger partial charge in [0, 0.05) is 37.6 Å². The van der Waals surface area contributed by atoms with Gasteiger partial charge in [0.05, 0.1) is 5.69 Å². The maximum absolute atomic E-state index is 4.48. The summed E-state index contributed by atoms with van der Waals surface area (Å²) in [4.78, 5) is 6.94. The molecule has 0 amide bonds. The lowest BCUT2D eigenvalue weighted by Crippen LogP contribution is -2.33. The summed E-state index contributed by atoms with van der Waals surface area (Å²) in [5.41, 5.74) is 2.50. The lowest BCUT2D eigenvalue weighted by molar-refractivity contribution is 0.427. The van der Waals surface area contributed by atoms with Crippen molar-refractivity contribution in [3.63, 3.8) is 0 Å². The van der Waals surface area contributed by atoms with Crippen molar-refractivity contribution in [2.24, 2.45) is 0 Å². The van der Waals surface area contributed by atoms with Gasteiger partial charge in [-0.25, -0.2) is 0 Å². The molecule has 0 atom stereocenters. The van der Waals surface area contributed by atoms with Crippen LogP contribution in [0.5, 0.6) is 0 Å². The zero-order valence-electron chi connectivity index (χ0n) is 11.9. The van der Waals surface area contributed by atoms with Gasteiger partial charge in [0.1, 0.15) is 0 Å². The van der Waals surface area contributed by atoms with Crippen molar-refractivity contribution in [3.05, 3.63) is 24.0 Å². The number of nitrogens with one attached hydrogen (secondary N) is 1. The molecule has 1 N–H and O–H groups in total. The standard InChI is InChI=1S/C16H25N3/c1-19(15-5-3-2-4-6-15)16-9-10-17-14(11-16)12-18-13-7-8-13/h9-11,13,15,18H,2-8,12H2,1H3. The molecule has 3 rings (SSSR count). The first-order valence-electron chi connectivity index (χ1n) is 7.74. The van der Waals surface area contributed by atoms with Gasteiger partial charge in [-0.1, -0.05) is 19.3 Å². The normalized spacial score (nSPS) is 20.5. The van der Waals surface area contributed by atoms with Crippen LogP contribution in [0.15, 0.2) is 18.3 Å². The van der Waals surface area contributed by atoms with Crippen LogP contribution in [0.4, 0.5) is 5.69 Å². The summed E-state index contributed by atoms with van der Waals surface area (Å²) in [5.74, 6) is 0. The first-order chi connectivity index (χ1) is 9.33. The highest BCUT2D eigenvalue weighted by Gasteiger charge is 2.21. The third-order valence-electron chi connectivity index (χ3n) is 4.48. The Hall–Kier alpha value is -1.09. The molecule has 0 unspecified atom stereocenters. The van der Waals surface area contributed by atoms with E-state index in [9.17, 15) is 0 Å². The van der Waals surface area contributed by atoms with Gasteiger partial charge in [0.2, 0.25) is 0 Å². The number of hydrogen-bond acceptors (Lipinski definition) is 3. The van der Waals surface area contributed by atoms with Crippen LogP contribution >= 0.6 is 0 Å². The Bertz CT molecular complexity index is 408. The van der Waals surface area contributed by atoms with E-state index < -0.39 is 0 Å². The number of pyridine rings is 1. The van der Waals surface area contributed by atoms with Crippen molar-refractivity contribution in [2.45, 2.75) is 63.6 Å². The number of nitrogens with zero attached hydrogens (tertiary/aromatic N) is 2. The maximum Gasteiger partial charge on any atom is 0.0562 e. The number of hydrogen-bond donors (Lipinski definition) is 1. The van der Waals surface area contributed by atoms with E-state index in [1.165, 1.54) is 56.3 Å². The van der Waals surface area contributed by atoms with E-state index >= 15 is 0 Å². The van der Waals surface area contributed by atoms with E-state index in [2.05, 4.69) is 34.4 Å². The van der Waals surface area contributed by atoms with E-state index in [1.807, 2.05) is 6.20 Å². The summed E-state index contributed by atoms with van der Waals surface area (Å²) in [7, 11) is 2.24. The van der Waals surface area contributed by atoms with E-state index in [0.29, 0.717) is 0 Å². The van der Waals surface area contributed by atoms with Gasteiger partial charge >= 0.3 is 0 Å². The molecule has 3 nitrogen and oxygen atoms in total. The molecular weight excluding hydrogens is 234 g/mol. The fraction of sp³-hybridized carbons (Fsp3) is 0.688. The molecule has 2 aliphatic rings. The summed E-state index contributed by atoms with van der Waals surface area (Å²) in [6.45, 7) is 0.914. The van der Waals surface area contributed by atoms with E-state index in [0.717, 1.165) is 18.6 Å². The molecule has 2 fully saturated rings. The van der Waals surface area contributed by atoms with Crippen LogP contribution in [0.25, 0.3) is 0 Å². The lowest BCUT2D eigenvalue weighted by Gasteiger charge is -2.33. The van der Waals surface area contributed by atoms with Crippen LogP contribution in [0.2, 0.25) is 0 Å². The molecule has 104 valence electrons. The molecule has 0 aromatic carbocycles. The highest BCUT2D eigenvalue weighted by molar-refractivity contribution is 5.46. The SMILES string of the molecule is CN(c1ccnc(CNC2CC2)c1)C1CCCCC1. The zero-order valence-corrected chi connectivity index (χ0v) is 11.9. The Morgan fingerprint density at radius 3 is 2.74 bits per heavy atom. The van der Waals surface area contributed by atoms with Crippen LogP contribution in [-0.2, 0) is 6.54 Å². The molecule has 0 aliphatic heterocycles. The second-order valence-electron chi connectivity index (χ2n) is 6.06. The van der Waals surface area contributed by atoms with Crippen molar-refractivity contribution in [1.82, 2.24) is 10.3 Å². The van der Waals surface area contributed by atoms with Gasteiger partial charge in [-0.05, 0) is 37.8 Å². The number of aromatic nitrogens is 1. The molecule has 0 spiro atoms. The Labute approximate surface area is 116 Å². The fourth-order valence-electron chi connectivity index (χ4n) is 3.00. The van der Waals surface area contributed by atoms with Gasteiger partial charge in [0.25, 0.3) is 0 Å². The van der Waals surface area contributed by atoms with Crippen LogP contribution in [0.1, 0.15) is 50.6 Å². The average molecular weight is 259 g/mol. The molecule has 2 saturated carbocycles. The third kappa shape index (κ3) is 3.47. The van der Waals surface area contributed by atoms with Crippen LogP contribution in [-0.4, -0.2) is 24.1 Å². The topological polar surface area (TPSA) is 28.2 Å². The van der Waals surface area contributed by atoms with E-state index in [4.69, 9.17) is 0 Å². The Balaban J connectivity index is 1.63. The molecular formula is C16H25N3. The van der Waals surface area contributed by atoms with Crippen molar-refractivity contribution >= 4 is 5.69 Å². The molecule has 1 aromatic heterocycles. The summed E-state index contributed by atoms with van der Waals surface area (Å²) in [5, 5.41) is 3.54. The highest BCUT2D eigenvalue weighted by Crippen LogP contribution is 2.26. The summed E-state index contributed by atoms with van der Waals surface area (Å²) < 4.78 is 0. The van der Waals surface area contributed by atoms with Crippen molar-refractivity contribution in [1.29, 1.82) is 0 Å². The summed E-state index contributed by atoms with van der Waals surface area (Å²) in [6, 6.07) is 5.88. The second-order valence-corrected chi connectivity index (χ2v) is 6.06. The van der Waals surface area contributed by atoms with Crippen LogP contribution in [0, 0.1) is 0 Å². The molecule has 2 aliphatic carbocycles. The first kappa shape index (κ1) is 12.9. The predicted octanol–water partition coefficient (Wildman–Crippen LogP) is 3.10. The Morgan fingerprint density at radius 2 is 2.00 bits per heavy atom. The van der Waals surface area contributed by atoms with Gasteiger partial charge in [-0.3, -0.25) is 4.98 Å². The Morgan fingerprint density at radius 1 is 1.21 bits per heavy atom. The predicted molar refractivity (Wildman–Crippen MR) is 79.4 cm³/mol. The summed E-state index contributed by atoms with van der Waals surface area (Å²) in [6.07, 6.45) is 11.5. The van der Waals surface area contributed by atoms with Gasteiger partial charge in [0.15, 0.2) is 0 Å². The molecule has 19 heavy (non-hydrogen) atoms. The molecule has 1 aromatic rings. The zero-order chi connectivity index (χ0) is 13.1. The van der Waals surface area contributed by atoms with E-state index in [-0.39, 0.29) is 0 Å². The van der Waals surface area contributed by atoms with Crippen molar-refractivity contribution < 1.29 is 0 Å². The summed E-state index contributed by atoms with van der Waals surface area (Å²) >= 11 is 0. The van der Waals surface area contributed by atoms with Gasteiger partial charge in [-0.2, -0.15) is 0 Å². The molecule has 3 heteroatoms. The van der Waals surface area contributed by atoms with Crippen LogP contribution in [0.3, 0.4) is 0 Å². The Kier molecular flexibility index (Phi) is 4.02. The number of anilines is 1. The second kappa shape index (κ2) is 5.91. The van der Waals surface area contributed by atoms with Crippen molar-refractivity contribution in [2.75, 3.05) is 11.9 Å². The minimum Gasteiger partial charge on any atom is -0.372 e. The van der Waals surface area contributed by atoms with E-state index in [1.54, 1.807) is 0 Å². The first-order valence-corrected chi connectivity index (χ1v) is 7.74. The minimum atomic E-state index is 0.723. The largest absolute Gasteiger partial charge is 0.372 e. The van der Waals surface area contributed by atoms with Crippen molar-refractivity contribution in [3.8, 4) is 0 Å². The maximum atomic E-state index is 4.48. The van der Waals surface area contributed by atoms with Gasteiger partial charge < -0.3 is 10.2 Å². The van der Waals surface area contributed by atoms with Gasteiger partial charge in [-0.15, -0.1) is 0 Å². The molecule has 0 radical (unpaired) electrons. The third-order valence-corrected chi connectivity index (χ3v) is 4.48. The molecule has 0 bridgehead atoms. The molecule has 0 saturated heterocycles. The lowest BCUT2D eigenvalue weighted by atomic mass is 9.94. The minimum absolute atomic E-state index is 0.723. The quantitative estimate of drug-likeness (QED) is 0.880. The fourth-order valence-corrected chi connectivity index (χ4v) is 3.00. The smallest absolute Gasteiger partial charge is 0.0562 e. The highest BCUT2D eigenvalue weighted by atomic mass is 15.1. The monoisotopic (exact) mass is 259 g/mol.